The lowest BCUT2D eigenvalue weighted by Gasteiger charge is -2.24. The van der Waals surface area contributed by atoms with Gasteiger partial charge < -0.3 is 14.8 Å². The summed E-state index contributed by atoms with van der Waals surface area (Å²) in [7, 11) is 1.71. The van der Waals surface area contributed by atoms with E-state index in [0.717, 1.165) is 31.7 Å². The number of hydrogen-bond donors (Lipinski definition) is 1. The number of piperidine rings is 1. The maximum absolute atomic E-state index is 5.50. The number of nitrogens with zero attached hydrogens (tertiary/aromatic N) is 1. The third-order valence-corrected chi connectivity index (χ3v) is 3.66. The van der Waals surface area contributed by atoms with E-state index in [9.17, 15) is 0 Å². The number of nitrogens with one attached hydrogen (secondary N) is 1. The molecule has 0 radical (unpaired) electrons. The molecular weight excluding hydrogens is 204 g/mol. The number of fused-ring (bicyclic) bond motifs is 1. The highest BCUT2D eigenvalue weighted by Gasteiger charge is 2.33. The predicted molar refractivity (Wildman–Crippen MR) is 63.6 cm³/mol. The van der Waals surface area contributed by atoms with Crippen LogP contribution in [0.2, 0.25) is 0 Å². The van der Waals surface area contributed by atoms with E-state index in [1.165, 1.54) is 32.5 Å². The van der Waals surface area contributed by atoms with E-state index in [2.05, 4.69) is 10.2 Å². The van der Waals surface area contributed by atoms with E-state index < -0.39 is 0 Å². The van der Waals surface area contributed by atoms with Gasteiger partial charge in [0.2, 0.25) is 0 Å². The van der Waals surface area contributed by atoms with Crippen molar-refractivity contribution in [3.05, 3.63) is 0 Å². The Morgan fingerprint density at radius 1 is 1.25 bits per heavy atom. The van der Waals surface area contributed by atoms with Crippen molar-refractivity contribution in [2.45, 2.75) is 18.9 Å². The van der Waals surface area contributed by atoms with Crippen molar-refractivity contribution in [1.29, 1.82) is 0 Å². The molecule has 0 spiro atoms. The summed E-state index contributed by atoms with van der Waals surface area (Å²) >= 11 is 0. The Hall–Kier alpha value is -0.160. The average Bonchev–Trinajstić information content (AvgIpc) is 2.71. The van der Waals surface area contributed by atoms with Gasteiger partial charge in [-0.3, -0.25) is 4.90 Å². The van der Waals surface area contributed by atoms with Gasteiger partial charge >= 0.3 is 0 Å². The highest BCUT2D eigenvalue weighted by molar-refractivity contribution is 4.91. The summed E-state index contributed by atoms with van der Waals surface area (Å²) < 4.78 is 10.4. The van der Waals surface area contributed by atoms with E-state index >= 15 is 0 Å². The molecule has 2 saturated heterocycles. The molecule has 2 heterocycles. The Bertz CT molecular complexity index is 187. The topological polar surface area (TPSA) is 33.7 Å². The van der Waals surface area contributed by atoms with Crippen LogP contribution in [0.4, 0.5) is 0 Å². The highest BCUT2D eigenvalue weighted by atomic mass is 16.5. The van der Waals surface area contributed by atoms with Crippen LogP contribution in [-0.4, -0.2) is 64.1 Å². The lowest BCUT2D eigenvalue weighted by molar-refractivity contribution is 0.0598. The second-order valence-corrected chi connectivity index (χ2v) is 4.83. The van der Waals surface area contributed by atoms with Gasteiger partial charge in [-0.05, 0) is 25.3 Å². The zero-order valence-corrected chi connectivity index (χ0v) is 10.3. The summed E-state index contributed by atoms with van der Waals surface area (Å²) in [5.41, 5.74) is 0. The van der Waals surface area contributed by atoms with Crippen LogP contribution in [0, 0.1) is 5.92 Å². The van der Waals surface area contributed by atoms with Crippen molar-refractivity contribution >= 4 is 0 Å². The van der Waals surface area contributed by atoms with Gasteiger partial charge in [-0.1, -0.05) is 0 Å². The zero-order chi connectivity index (χ0) is 11.2. The van der Waals surface area contributed by atoms with Crippen LogP contribution in [-0.2, 0) is 9.47 Å². The Labute approximate surface area is 98.3 Å². The predicted octanol–water partition coefficient (Wildman–Crippen LogP) is 0.333. The minimum Gasteiger partial charge on any atom is -0.382 e. The molecular formula is C12H24N2O2. The van der Waals surface area contributed by atoms with E-state index in [1.807, 2.05) is 0 Å². The highest BCUT2D eigenvalue weighted by Crippen LogP contribution is 2.24. The van der Waals surface area contributed by atoms with Crippen molar-refractivity contribution < 1.29 is 9.47 Å². The molecule has 4 heteroatoms. The zero-order valence-electron chi connectivity index (χ0n) is 10.3. The lowest BCUT2D eigenvalue weighted by Crippen LogP contribution is -2.40. The van der Waals surface area contributed by atoms with Crippen LogP contribution < -0.4 is 5.32 Å². The lowest BCUT2D eigenvalue weighted by atomic mass is 9.94. The summed E-state index contributed by atoms with van der Waals surface area (Å²) in [6, 6.07) is 0.743. The quantitative estimate of drug-likeness (QED) is 0.665. The number of ether oxygens (including phenoxy) is 2. The molecule has 2 aliphatic rings. The van der Waals surface area contributed by atoms with E-state index in [1.54, 1.807) is 7.11 Å². The second kappa shape index (κ2) is 6.55. The smallest absolute Gasteiger partial charge is 0.0700 e. The average molecular weight is 228 g/mol. The maximum Gasteiger partial charge on any atom is 0.0700 e. The van der Waals surface area contributed by atoms with Gasteiger partial charge in [-0.15, -0.1) is 0 Å². The van der Waals surface area contributed by atoms with E-state index in [-0.39, 0.29) is 0 Å². The Kier molecular flexibility index (Phi) is 5.03. The maximum atomic E-state index is 5.50. The number of hydrogen-bond acceptors (Lipinski definition) is 4. The first kappa shape index (κ1) is 12.3. The van der Waals surface area contributed by atoms with Gasteiger partial charge in [0, 0.05) is 32.8 Å². The molecule has 0 amide bonds. The van der Waals surface area contributed by atoms with Crippen molar-refractivity contribution in [1.82, 2.24) is 10.2 Å². The van der Waals surface area contributed by atoms with Crippen molar-refractivity contribution in [2.24, 2.45) is 5.92 Å². The van der Waals surface area contributed by atoms with Crippen molar-refractivity contribution in [3.63, 3.8) is 0 Å². The van der Waals surface area contributed by atoms with Crippen LogP contribution in [0.15, 0.2) is 0 Å². The largest absolute Gasteiger partial charge is 0.382 e. The molecule has 0 saturated carbocycles. The fraction of sp³-hybridized carbons (Fsp3) is 1.00. The van der Waals surface area contributed by atoms with Crippen LogP contribution in [0.1, 0.15) is 12.8 Å². The summed E-state index contributed by atoms with van der Waals surface area (Å²) in [4.78, 5) is 2.53. The van der Waals surface area contributed by atoms with Crippen LogP contribution >= 0.6 is 0 Å². The summed E-state index contributed by atoms with van der Waals surface area (Å²) in [6.07, 6.45) is 2.75. The number of methoxy groups -OCH3 is 1. The van der Waals surface area contributed by atoms with Crippen LogP contribution in [0.25, 0.3) is 0 Å². The van der Waals surface area contributed by atoms with Gasteiger partial charge in [0.15, 0.2) is 0 Å². The molecule has 2 rings (SSSR count). The first-order valence-corrected chi connectivity index (χ1v) is 6.42. The Balaban J connectivity index is 1.57. The van der Waals surface area contributed by atoms with Gasteiger partial charge in [0.05, 0.1) is 19.8 Å². The van der Waals surface area contributed by atoms with Crippen LogP contribution in [0.3, 0.4) is 0 Å². The fourth-order valence-electron chi connectivity index (χ4n) is 2.76. The minimum atomic E-state index is 0.701. The van der Waals surface area contributed by atoms with Gasteiger partial charge in [0.1, 0.15) is 0 Å². The molecule has 0 unspecified atom stereocenters. The van der Waals surface area contributed by atoms with Gasteiger partial charge in [0.25, 0.3) is 0 Å². The molecule has 2 aliphatic heterocycles. The Morgan fingerprint density at radius 3 is 3.00 bits per heavy atom. The SMILES string of the molecule is COCCOCCN1C[C@@H]2CCCN[C@@H]2C1. The first-order valence-electron chi connectivity index (χ1n) is 6.42. The molecule has 16 heavy (non-hydrogen) atoms. The van der Waals surface area contributed by atoms with E-state index in [0.29, 0.717) is 6.61 Å². The van der Waals surface area contributed by atoms with Crippen molar-refractivity contribution in [2.75, 3.05) is 53.1 Å². The number of rotatable bonds is 6. The summed E-state index contributed by atoms with van der Waals surface area (Å²) in [5.74, 6) is 0.882. The van der Waals surface area contributed by atoms with E-state index in [4.69, 9.17) is 9.47 Å². The molecule has 0 bridgehead atoms. The van der Waals surface area contributed by atoms with Crippen molar-refractivity contribution in [3.8, 4) is 0 Å². The molecule has 0 aromatic heterocycles. The molecule has 2 atom stereocenters. The second-order valence-electron chi connectivity index (χ2n) is 4.83. The molecule has 0 aromatic carbocycles. The van der Waals surface area contributed by atoms with Gasteiger partial charge in [-0.2, -0.15) is 0 Å². The standard InChI is InChI=1S/C12H24N2O2/c1-15-7-8-16-6-5-14-9-11-3-2-4-13-12(11)10-14/h11-13H,2-10H2,1H3/t11-,12+/m0/s1. The molecule has 2 fully saturated rings. The third-order valence-electron chi connectivity index (χ3n) is 3.66. The first-order chi connectivity index (χ1) is 7.90. The van der Waals surface area contributed by atoms with Crippen LogP contribution in [0.5, 0.6) is 0 Å². The number of likely N-dealkylation sites (tertiary alicyclic amines) is 1. The molecule has 0 aromatic rings. The fourth-order valence-corrected chi connectivity index (χ4v) is 2.76. The minimum absolute atomic E-state index is 0.701. The molecule has 94 valence electrons. The monoisotopic (exact) mass is 228 g/mol. The molecule has 0 aliphatic carbocycles. The normalized spacial score (nSPS) is 30.6. The molecule has 4 nitrogen and oxygen atoms in total. The third kappa shape index (κ3) is 3.42. The summed E-state index contributed by atoms with van der Waals surface area (Å²) in [5, 5.41) is 3.62. The molecule has 1 N–H and O–H groups in total. The van der Waals surface area contributed by atoms with Gasteiger partial charge in [-0.25, -0.2) is 0 Å². The summed E-state index contributed by atoms with van der Waals surface area (Å²) in [6.45, 7) is 6.99. The Morgan fingerprint density at radius 2 is 2.19 bits per heavy atom.